The van der Waals surface area contributed by atoms with Gasteiger partial charge in [0, 0.05) is 50.2 Å². The van der Waals surface area contributed by atoms with Crippen molar-refractivity contribution < 1.29 is 0 Å². The molecule has 8 heteroatoms. The number of aliphatic imine (C=N–C) groups is 1. The number of likely N-dealkylation sites (N-methyl/N-ethyl adjacent to an activating group) is 1. The predicted molar refractivity (Wildman–Crippen MR) is 118 cm³/mol. The van der Waals surface area contributed by atoms with Crippen LogP contribution in [0.15, 0.2) is 4.99 Å². The quantitative estimate of drug-likeness (QED) is 0.371. The van der Waals surface area contributed by atoms with E-state index in [-0.39, 0.29) is 24.0 Å². The largest absolute Gasteiger partial charge is 0.357 e. The summed E-state index contributed by atoms with van der Waals surface area (Å²) in [6.45, 7) is 15.6. The second-order valence-corrected chi connectivity index (χ2v) is 7.80. The van der Waals surface area contributed by atoms with E-state index in [0.29, 0.717) is 12.6 Å². The molecule has 1 fully saturated rings. The number of nitrogens with one attached hydrogen (secondary N) is 2. The number of halogens is 1. The molecule has 0 aliphatic carbocycles. The van der Waals surface area contributed by atoms with Crippen molar-refractivity contribution >= 4 is 41.3 Å². The molecule has 0 radical (unpaired) electrons. The third-order valence-corrected chi connectivity index (χ3v) is 5.57. The van der Waals surface area contributed by atoms with Crippen molar-refractivity contribution in [2.24, 2.45) is 4.99 Å². The standard InChI is InChI=1S/C17H32N6S.HI/c1-6-18-17(20-12-16-21-14(3)15(4)24-16)19-11-13(2)23-9-7-22(5)8-10-23;/h13H,6-12H2,1-5H3,(H2,18,19,20);1H. The van der Waals surface area contributed by atoms with E-state index in [2.05, 4.69) is 65.2 Å². The van der Waals surface area contributed by atoms with Crippen LogP contribution >= 0.6 is 35.3 Å². The van der Waals surface area contributed by atoms with Crippen LogP contribution in [0.1, 0.15) is 29.4 Å². The number of hydrogen-bond donors (Lipinski definition) is 2. The Labute approximate surface area is 173 Å². The van der Waals surface area contributed by atoms with Crippen molar-refractivity contribution in [3.8, 4) is 0 Å². The number of piperazine rings is 1. The Kier molecular flexibility index (Phi) is 10.2. The summed E-state index contributed by atoms with van der Waals surface area (Å²) in [6, 6.07) is 0.506. The van der Waals surface area contributed by atoms with E-state index in [1.54, 1.807) is 11.3 Å². The molecular weight excluding hydrogens is 447 g/mol. The molecule has 25 heavy (non-hydrogen) atoms. The van der Waals surface area contributed by atoms with Crippen molar-refractivity contribution in [1.29, 1.82) is 0 Å². The molecule has 0 spiro atoms. The van der Waals surface area contributed by atoms with Gasteiger partial charge in [0.25, 0.3) is 0 Å². The van der Waals surface area contributed by atoms with Gasteiger partial charge in [-0.15, -0.1) is 35.3 Å². The average Bonchev–Trinajstić information content (AvgIpc) is 2.88. The molecule has 0 saturated carbocycles. The van der Waals surface area contributed by atoms with Crippen LogP contribution in [0.4, 0.5) is 0 Å². The first-order chi connectivity index (χ1) is 11.5. The monoisotopic (exact) mass is 480 g/mol. The van der Waals surface area contributed by atoms with E-state index in [9.17, 15) is 0 Å². The molecule has 1 aromatic rings. The van der Waals surface area contributed by atoms with Crippen LogP contribution in [0.5, 0.6) is 0 Å². The van der Waals surface area contributed by atoms with Crippen LogP contribution in [0.3, 0.4) is 0 Å². The number of aryl methyl sites for hydroxylation is 2. The number of guanidine groups is 1. The topological polar surface area (TPSA) is 55.8 Å². The third kappa shape index (κ3) is 7.36. The summed E-state index contributed by atoms with van der Waals surface area (Å²) in [4.78, 5) is 15.5. The zero-order chi connectivity index (χ0) is 17.5. The molecule has 1 aromatic heterocycles. The lowest BCUT2D eigenvalue weighted by Crippen LogP contribution is -2.52. The van der Waals surface area contributed by atoms with Gasteiger partial charge in [-0.25, -0.2) is 9.98 Å². The van der Waals surface area contributed by atoms with E-state index in [4.69, 9.17) is 0 Å². The highest BCUT2D eigenvalue weighted by Gasteiger charge is 2.19. The summed E-state index contributed by atoms with van der Waals surface area (Å²) in [7, 11) is 2.19. The maximum absolute atomic E-state index is 4.68. The molecule has 1 atom stereocenters. The normalized spacial score (nSPS) is 17.9. The second-order valence-electron chi connectivity index (χ2n) is 6.51. The fourth-order valence-corrected chi connectivity index (χ4v) is 3.59. The lowest BCUT2D eigenvalue weighted by Gasteiger charge is -2.36. The Morgan fingerprint density at radius 3 is 2.48 bits per heavy atom. The molecular formula is C17H33IN6S. The minimum absolute atomic E-state index is 0. The third-order valence-electron chi connectivity index (χ3n) is 4.52. The summed E-state index contributed by atoms with van der Waals surface area (Å²) < 4.78 is 0. The van der Waals surface area contributed by atoms with Crippen LogP contribution in [-0.2, 0) is 6.54 Å². The highest BCUT2D eigenvalue weighted by molar-refractivity contribution is 14.0. The minimum Gasteiger partial charge on any atom is -0.357 e. The first kappa shape index (κ1) is 22.6. The van der Waals surface area contributed by atoms with Gasteiger partial charge in [0.2, 0.25) is 0 Å². The van der Waals surface area contributed by atoms with Crippen LogP contribution < -0.4 is 10.6 Å². The first-order valence-corrected chi connectivity index (χ1v) is 9.69. The molecule has 0 aromatic carbocycles. The van der Waals surface area contributed by atoms with Gasteiger partial charge in [-0.05, 0) is 34.7 Å². The van der Waals surface area contributed by atoms with Gasteiger partial charge in [0.15, 0.2) is 5.96 Å². The molecule has 1 aliphatic heterocycles. The fraction of sp³-hybridized carbons (Fsp3) is 0.765. The van der Waals surface area contributed by atoms with Crippen molar-refractivity contribution in [2.75, 3.05) is 46.3 Å². The van der Waals surface area contributed by atoms with Crippen LogP contribution in [0, 0.1) is 13.8 Å². The lowest BCUT2D eigenvalue weighted by atomic mass is 10.2. The number of aromatic nitrogens is 1. The molecule has 1 aliphatic rings. The maximum atomic E-state index is 4.68. The Bertz CT molecular complexity index is 520. The summed E-state index contributed by atoms with van der Waals surface area (Å²) in [5.41, 5.74) is 1.12. The summed E-state index contributed by atoms with van der Waals surface area (Å²) in [5.74, 6) is 0.879. The molecule has 6 nitrogen and oxygen atoms in total. The minimum atomic E-state index is 0. The van der Waals surface area contributed by atoms with E-state index in [0.717, 1.165) is 55.9 Å². The lowest BCUT2D eigenvalue weighted by molar-refractivity contribution is 0.120. The molecule has 0 amide bonds. The molecule has 144 valence electrons. The molecule has 1 saturated heterocycles. The molecule has 2 N–H and O–H groups in total. The predicted octanol–water partition coefficient (Wildman–Crippen LogP) is 2.07. The first-order valence-electron chi connectivity index (χ1n) is 8.87. The number of thiazole rings is 1. The Morgan fingerprint density at radius 2 is 1.92 bits per heavy atom. The highest BCUT2D eigenvalue weighted by Crippen LogP contribution is 2.16. The van der Waals surface area contributed by atoms with Gasteiger partial charge in [-0.2, -0.15) is 0 Å². The maximum Gasteiger partial charge on any atom is 0.191 e. The van der Waals surface area contributed by atoms with E-state index < -0.39 is 0 Å². The van der Waals surface area contributed by atoms with E-state index in [1.807, 2.05) is 0 Å². The zero-order valence-electron chi connectivity index (χ0n) is 16.1. The Hall–Kier alpha value is -0.450. The smallest absolute Gasteiger partial charge is 0.191 e. The van der Waals surface area contributed by atoms with Gasteiger partial charge in [0.05, 0.1) is 12.2 Å². The SMILES string of the molecule is CCNC(=NCc1nc(C)c(C)s1)NCC(C)N1CCN(C)CC1.I. The van der Waals surface area contributed by atoms with Crippen molar-refractivity contribution in [3.05, 3.63) is 15.6 Å². The van der Waals surface area contributed by atoms with Crippen LogP contribution in [0.25, 0.3) is 0 Å². The van der Waals surface area contributed by atoms with Gasteiger partial charge in [-0.1, -0.05) is 0 Å². The number of hydrogen-bond acceptors (Lipinski definition) is 5. The van der Waals surface area contributed by atoms with Crippen LogP contribution in [0.2, 0.25) is 0 Å². The Balaban J connectivity index is 0.00000312. The zero-order valence-corrected chi connectivity index (χ0v) is 19.3. The highest BCUT2D eigenvalue weighted by atomic mass is 127. The Morgan fingerprint density at radius 1 is 1.24 bits per heavy atom. The van der Waals surface area contributed by atoms with Gasteiger partial charge in [-0.3, -0.25) is 4.90 Å². The molecule has 0 bridgehead atoms. The van der Waals surface area contributed by atoms with Gasteiger partial charge < -0.3 is 15.5 Å². The fourth-order valence-electron chi connectivity index (χ4n) is 2.73. The number of rotatable bonds is 6. The second kappa shape index (κ2) is 11.3. The summed E-state index contributed by atoms with van der Waals surface area (Å²) in [5, 5.41) is 7.89. The molecule has 1 unspecified atom stereocenters. The van der Waals surface area contributed by atoms with Crippen molar-refractivity contribution in [1.82, 2.24) is 25.4 Å². The van der Waals surface area contributed by atoms with Gasteiger partial charge >= 0.3 is 0 Å². The summed E-state index contributed by atoms with van der Waals surface area (Å²) >= 11 is 1.74. The average molecular weight is 480 g/mol. The van der Waals surface area contributed by atoms with E-state index in [1.165, 1.54) is 4.88 Å². The van der Waals surface area contributed by atoms with Crippen molar-refractivity contribution in [2.45, 2.75) is 40.3 Å². The summed E-state index contributed by atoms with van der Waals surface area (Å²) in [6.07, 6.45) is 0. The number of nitrogens with zero attached hydrogens (tertiary/aromatic N) is 4. The molecule has 2 heterocycles. The van der Waals surface area contributed by atoms with Crippen molar-refractivity contribution in [3.63, 3.8) is 0 Å². The van der Waals surface area contributed by atoms with Gasteiger partial charge in [0.1, 0.15) is 5.01 Å². The van der Waals surface area contributed by atoms with Crippen LogP contribution in [-0.4, -0.2) is 73.1 Å². The van der Waals surface area contributed by atoms with E-state index >= 15 is 0 Å². The molecule has 2 rings (SSSR count).